The van der Waals surface area contributed by atoms with Gasteiger partial charge in [-0.25, -0.2) is 0 Å². The van der Waals surface area contributed by atoms with Crippen LogP contribution in [0.5, 0.6) is 0 Å². The van der Waals surface area contributed by atoms with Crippen molar-refractivity contribution >= 4 is 15.1 Å². The lowest BCUT2D eigenvalue weighted by molar-refractivity contribution is 1.38. The van der Waals surface area contributed by atoms with Gasteiger partial charge in [-0.2, -0.15) is 0 Å². The summed E-state index contributed by atoms with van der Waals surface area (Å²) in [5.74, 6) is 0. The minimum Gasteiger partial charge on any atom is -0.127 e. The summed E-state index contributed by atoms with van der Waals surface area (Å²) in [6, 6.07) is 0. The molecule has 3 radical (unpaired) electrons. The lowest BCUT2D eigenvalue weighted by Gasteiger charge is -2.00. The molecule has 0 aromatic heterocycles. The van der Waals surface area contributed by atoms with Crippen LogP contribution in [0.25, 0.3) is 0 Å². The molecule has 0 unspecified atom stereocenters. The van der Waals surface area contributed by atoms with Crippen molar-refractivity contribution < 1.29 is 0 Å². The molecule has 0 aromatic rings. The highest BCUT2D eigenvalue weighted by Gasteiger charge is 1.91. The highest BCUT2D eigenvalue weighted by atomic mass is 13.8. The molecule has 0 heterocycles. The molecule has 0 saturated heterocycles. The fourth-order valence-electron chi connectivity index (χ4n) is 0.736. The van der Waals surface area contributed by atoms with Crippen molar-refractivity contribution in [2.24, 2.45) is 0 Å². The van der Waals surface area contributed by atoms with Gasteiger partial charge >= 0.3 is 0 Å². The van der Waals surface area contributed by atoms with Gasteiger partial charge in [0, 0.05) is 0 Å². The first-order chi connectivity index (χ1) is 4.57. The normalized spacial score (nSPS) is 12.0. The van der Waals surface area contributed by atoms with Crippen LogP contribution in [0.1, 0.15) is 20.8 Å². The molecule has 0 aromatic carbocycles. The summed E-state index contributed by atoms with van der Waals surface area (Å²) in [4.78, 5) is 0. The SMILES string of the molecule is [B]/C(C)=C(\[B]C)C=C(C)C. The van der Waals surface area contributed by atoms with Crippen LogP contribution in [0.2, 0.25) is 6.82 Å². The van der Waals surface area contributed by atoms with Gasteiger partial charge in [-0.3, -0.25) is 0 Å². The first kappa shape index (κ1) is 9.61. The van der Waals surface area contributed by atoms with Gasteiger partial charge in [-0.05, 0) is 13.8 Å². The summed E-state index contributed by atoms with van der Waals surface area (Å²) in [6.07, 6.45) is 2.08. The molecule has 2 heteroatoms. The highest BCUT2D eigenvalue weighted by Crippen LogP contribution is 2.03. The van der Waals surface area contributed by atoms with Gasteiger partial charge < -0.3 is 0 Å². The van der Waals surface area contributed by atoms with E-state index in [9.17, 15) is 0 Å². The van der Waals surface area contributed by atoms with Gasteiger partial charge in [-0.1, -0.05) is 30.9 Å². The zero-order valence-corrected chi connectivity index (χ0v) is 7.23. The number of rotatable bonds is 2. The Morgan fingerprint density at radius 1 is 1.30 bits per heavy atom. The van der Waals surface area contributed by atoms with Crippen LogP contribution in [0, 0.1) is 0 Å². The third-order valence-corrected chi connectivity index (χ3v) is 1.21. The van der Waals surface area contributed by atoms with E-state index in [1.54, 1.807) is 0 Å². The van der Waals surface area contributed by atoms with Crippen molar-refractivity contribution in [3.8, 4) is 0 Å². The quantitative estimate of drug-likeness (QED) is 0.397. The summed E-state index contributed by atoms with van der Waals surface area (Å²) in [7, 11) is 7.62. The Bertz CT molecular complexity index is 158. The molecule has 51 valence electrons. The summed E-state index contributed by atoms with van der Waals surface area (Å²) >= 11 is 0. The maximum Gasteiger partial charge on any atom is 0.146 e. The fraction of sp³-hybridized carbons (Fsp3) is 0.500. The van der Waals surface area contributed by atoms with Crippen LogP contribution in [0.15, 0.2) is 22.6 Å². The van der Waals surface area contributed by atoms with Crippen LogP contribution in [-0.2, 0) is 0 Å². The highest BCUT2D eigenvalue weighted by molar-refractivity contribution is 6.47. The minimum absolute atomic E-state index is 0.878. The molecule has 10 heavy (non-hydrogen) atoms. The predicted octanol–water partition coefficient (Wildman–Crippen LogP) is 2.10. The molecule has 0 rings (SSSR count). The van der Waals surface area contributed by atoms with Crippen LogP contribution >= 0.6 is 0 Å². The maximum absolute atomic E-state index is 5.60. The third-order valence-electron chi connectivity index (χ3n) is 1.21. The molecule has 0 atom stereocenters. The van der Waals surface area contributed by atoms with Gasteiger partial charge in [0.1, 0.15) is 15.1 Å². The van der Waals surface area contributed by atoms with Crippen LogP contribution in [-0.4, -0.2) is 15.1 Å². The monoisotopic (exact) mass is 131 g/mol. The average Bonchev–Trinajstić information content (AvgIpc) is 1.81. The second kappa shape index (κ2) is 4.43. The third kappa shape index (κ3) is 3.60. The van der Waals surface area contributed by atoms with Crippen molar-refractivity contribution in [3.63, 3.8) is 0 Å². The van der Waals surface area contributed by atoms with E-state index in [-0.39, 0.29) is 0 Å². The first-order valence-electron chi connectivity index (χ1n) is 3.48. The smallest absolute Gasteiger partial charge is 0.127 e. The predicted molar refractivity (Wildman–Crippen MR) is 49.5 cm³/mol. The summed E-state index contributed by atoms with van der Waals surface area (Å²) in [5.41, 5.74) is 3.28. The standard InChI is InChI=1S/C8H13B2/c1-6(2)5-8(10-4)7(3)9/h5H,1-4H3/b8-7-. The van der Waals surface area contributed by atoms with Gasteiger partial charge in [0.05, 0.1) is 0 Å². The van der Waals surface area contributed by atoms with Crippen molar-refractivity contribution in [1.82, 2.24) is 0 Å². The van der Waals surface area contributed by atoms with E-state index in [4.69, 9.17) is 7.85 Å². The fourth-order valence-corrected chi connectivity index (χ4v) is 0.736. The maximum atomic E-state index is 5.60. The van der Waals surface area contributed by atoms with Gasteiger partial charge in [0.15, 0.2) is 0 Å². The molecule has 0 aliphatic carbocycles. The van der Waals surface area contributed by atoms with Crippen LogP contribution < -0.4 is 0 Å². The Hall–Kier alpha value is -0.390. The van der Waals surface area contributed by atoms with Gasteiger partial charge in [-0.15, -0.1) is 5.47 Å². The van der Waals surface area contributed by atoms with Gasteiger partial charge in [0.2, 0.25) is 0 Å². The second-order valence-electron chi connectivity index (χ2n) is 2.65. The number of hydrogen-bond donors (Lipinski definition) is 0. The van der Waals surface area contributed by atoms with Crippen LogP contribution in [0.4, 0.5) is 0 Å². The lowest BCUT2D eigenvalue weighted by atomic mass is 9.66. The molecule has 0 amide bonds. The Morgan fingerprint density at radius 2 is 1.80 bits per heavy atom. The zero-order chi connectivity index (χ0) is 8.15. The van der Waals surface area contributed by atoms with E-state index in [1.807, 2.05) is 21.0 Å². The topological polar surface area (TPSA) is 0 Å². The Morgan fingerprint density at radius 3 is 1.90 bits per heavy atom. The lowest BCUT2D eigenvalue weighted by Crippen LogP contribution is -1.92. The molecule has 0 bridgehead atoms. The van der Waals surface area contributed by atoms with Gasteiger partial charge in [0.25, 0.3) is 0 Å². The first-order valence-corrected chi connectivity index (χ1v) is 3.48. The zero-order valence-electron chi connectivity index (χ0n) is 7.23. The summed E-state index contributed by atoms with van der Waals surface area (Å²) < 4.78 is 0. The van der Waals surface area contributed by atoms with Crippen molar-refractivity contribution in [1.29, 1.82) is 0 Å². The molecule has 0 aliphatic heterocycles. The van der Waals surface area contributed by atoms with E-state index in [0.717, 1.165) is 10.9 Å². The molecule has 0 N–H and O–H groups in total. The molecular formula is C8H13B2. The largest absolute Gasteiger partial charge is 0.146 e. The molecular weight excluding hydrogens is 118 g/mol. The summed E-state index contributed by atoms with van der Waals surface area (Å²) in [6.45, 7) is 8.03. The molecule has 0 aliphatic rings. The molecule has 0 nitrogen and oxygen atoms in total. The number of hydrogen-bond acceptors (Lipinski definition) is 0. The van der Waals surface area contributed by atoms with E-state index in [1.165, 1.54) is 5.57 Å². The van der Waals surface area contributed by atoms with E-state index in [2.05, 4.69) is 19.9 Å². The summed E-state index contributed by atoms with van der Waals surface area (Å²) in [5, 5.41) is 0. The molecule has 0 saturated carbocycles. The average molecular weight is 131 g/mol. The van der Waals surface area contributed by atoms with E-state index < -0.39 is 0 Å². The Kier molecular flexibility index (Phi) is 4.26. The van der Waals surface area contributed by atoms with Crippen molar-refractivity contribution in [2.75, 3.05) is 0 Å². The van der Waals surface area contributed by atoms with Crippen molar-refractivity contribution in [2.45, 2.75) is 27.6 Å². The number of allylic oxidation sites excluding steroid dienone is 4. The van der Waals surface area contributed by atoms with E-state index >= 15 is 0 Å². The molecule has 0 spiro atoms. The van der Waals surface area contributed by atoms with E-state index in [0.29, 0.717) is 0 Å². The Labute approximate surface area is 66.1 Å². The minimum atomic E-state index is 0.878. The van der Waals surface area contributed by atoms with Crippen molar-refractivity contribution in [3.05, 3.63) is 22.6 Å². The Balaban J connectivity index is 4.40. The van der Waals surface area contributed by atoms with Crippen LogP contribution in [0.3, 0.4) is 0 Å². The second-order valence-corrected chi connectivity index (χ2v) is 2.65. The molecule has 0 fully saturated rings.